The monoisotopic (exact) mass is 192 g/mol. The fourth-order valence-corrected chi connectivity index (χ4v) is 1.75. The maximum absolute atomic E-state index is 10.8. The first-order chi connectivity index (χ1) is 5.56. The lowest BCUT2D eigenvalue weighted by Crippen LogP contribution is -2.36. The fraction of sp³-hybridized carbons (Fsp3) is 0.875. The number of aliphatic carboxylic acids is 1. The molecule has 0 rings (SSSR count). The quantitative estimate of drug-likeness (QED) is 0.694. The Labute approximate surface area is 77.5 Å². The largest absolute Gasteiger partial charge is 0.480 e. The number of ether oxygens (including phenoxy) is 1. The van der Waals surface area contributed by atoms with E-state index in [1.54, 1.807) is 6.92 Å². The topological polar surface area (TPSA) is 46.5 Å². The first-order valence-corrected chi connectivity index (χ1v) is 4.91. The van der Waals surface area contributed by atoms with E-state index in [1.807, 2.05) is 6.92 Å². The Balaban J connectivity index is 4.08. The molecule has 0 aromatic heterocycles. The minimum Gasteiger partial charge on any atom is -0.480 e. The molecule has 0 spiro atoms. The summed E-state index contributed by atoms with van der Waals surface area (Å²) in [6.07, 6.45) is 0.983. The Hall–Kier alpha value is -0.220. The summed E-state index contributed by atoms with van der Waals surface area (Å²) in [4.78, 5) is 10.8. The van der Waals surface area contributed by atoms with Crippen LogP contribution in [0.3, 0.4) is 0 Å². The van der Waals surface area contributed by atoms with Crippen LogP contribution in [0.25, 0.3) is 0 Å². The van der Waals surface area contributed by atoms with Crippen LogP contribution in [0.15, 0.2) is 0 Å². The van der Waals surface area contributed by atoms with E-state index in [-0.39, 0.29) is 6.61 Å². The van der Waals surface area contributed by atoms with Gasteiger partial charge in [-0.15, -0.1) is 11.8 Å². The van der Waals surface area contributed by atoms with Crippen molar-refractivity contribution in [2.24, 2.45) is 0 Å². The maximum Gasteiger partial charge on any atom is 0.321 e. The molecule has 0 aromatic carbocycles. The molecule has 0 aliphatic rings. The van der Waals surface area contributed by atoms with Crippen LogP contribution >= 0.6 is 11.8 Å². The molecule has 0 aliphatic heterocycles. The van der Waals surface area contributed by atoms with Crippen molar-refractivity contribution < 1.29 is 14.6 Å². The lowest BCUT2D eigenvalue weighted by atomic mass is 10.2. The minimum absolute atomic E-state index is 0.257. The molecular formula is C8H16O3S. The van der Waals surface area contributed by atoms with E-state index in [9.17, 15) is 4.79 Å². The second kappa shape index (κ2) is 5.43. The summed E-state index contributed by atoms with van der Waals surface area (Å²) >= 11 is 1.43. The molecule has 0 fully saturated rings. The van der Waals surface area contributed by atoms with Crippen molar-refractivity contribution in [3.05, 3.63) is 0 Å². The van der Waals surface area contributed by atoms with Gasteiger partial charge in [0.15, 0.2) is 0 Å². The second-order valence-electron chi connectivity index (χ2n) is 2.82. The molecule has 0 heterocycles. The third kappa shape index (κ3) is 3.45. The standard InChI is InChI=1S/C8H16O3S/c1-4-5-12-8(2,6-11-3)7(9)10/h4-6H2,1-3H3,(H,9,10). The zero-order valence-corrected chi connectivity index (χ0v) is 8.61. The number of hydrogen-bond acceptors (Lipinski definition) is 3. The zero-order valence-electron chi connectivity index (χ0n) is 7.79. The zero-order chi connectivity index (χ0) is 9.61. The Morgan fingerprint density at radius 3 is 2.58 bits per heavy atom. The smallest absolute Gasteiger partial charge is 0.321 e. The molecule has 0 amide bonds. The van der Waals surface area contributed by atoms with Crippen molar-refractivity contribution in [2.75, 3.05) is 19.5 Å². The normalized spacial score (nSPS) is 15.6. The highest BCUT2D eigenvalue weighted by Crippen LogP contribution is 2.26. The molecule has 0 bridgehead atoms. The van der Waals surface area contributed by atoms with Gasteiger partial charge in [0, 0.05) is 7.11 Å². The molecule has 1 atom stereocenters. The number of hydrogen-bond donors (Lipinski definition) is 1. The van der Waals surface area contributed by atoms with Crippen LogP contribution in [-0.4, -0.2) is 35.3 Å². The average molecular weight is 192 g/mol. The number of carboxylic acids is 1. The second-order valence-corrected chi connectivity index (χ2v) is 4.42. The SMILES string of the molecule is CCCSC(C)(COC)C(=O)O. The maximum atomic E-state index is 10.8. The van der Waals surface area contributed by atoms with Crippen molar-refractivity contribution in [2.45, 2.75) is 25.0 Å². The number of carbonyl (C=O) groups is 1. The van der Waals surface area contributed by atoms with Crippen molar-refractivity contribution in [1.82, 2.24) is 0 Å². The number of methoxy groups -OCH3 is 1. The lowest BCUT2D eigenvalue weighted by molar-refractivity contribution is -0.140. The Kier molecular flexibility index (Phi) is 5.33. The van der Waals surface area contributed by atoms with Crippen LogP contribution < -0.4 is 0 Å². The third-order valence-corrected chi connectivity index (χ3v) is 3.04. The van der Waals surface area contributed by atoms with Crippen LogP contribution in [0.2, 0.25) is 0 Å². The van der Waals surface area contributed by atoms with Gasteiger partial charge in [-0.25, -0.2) is 0 Å². The summed E-state index contributed by atoms with van der Waals surface area (Å²) in [5.41, 5.74) is 0. The van der Waals surface area contributed by atoms with Crippen LogP contribution in [-0.2, 0) is 9.53 Å². The van der Waals surface area contributed by atoms with Crippen molar-refractivity contribution in [3.63, 3.8) is 0 Å². The van der Waals surface area contributed by atoms with Crippen LogP contribution in [0, 0.1) is 0 Å². The first-order valence-electron chi connectivity index (χ1n) is 3.93. The van der Waals surface area contributed by atoms with Gasteiger partial charge in [-0.2, -0.15) is 0 Å². The molecule has 0 saturated carbocycles. The van der Waals surface area contributed by atoms with Crippen LogP contribution in [0.1, 0.15) is 20.3 Å². The molecule has 0 radical (unpaired) electrons. The molecule has 3 nitrogen and oxygen atoms in total. The molecule has 0 aromatic rings. The first kappa shape index (κ1) is 11.8. The Morgan fingerprint density at radius 1 is 1.67 bits per heavy atom. The summed E-state index contributed by atoms with van der Waals surface area (Å²) < 4.78 is 4.08. The molecule has 0 aliphatic carbocycles. The van der Waals surface area contributed by atoms with E-state index in [0.29, 0.717) is 0 Å². The molecular weight excluding hydrogens is 176 g/mol. The van der Waals surface area contributed by atoms with E-state index < -0.39 is 10.7 Å². The third-order valence-electron chi connectivity index (χ3n) is 1.50. The number of thioether (sulfide) groups is 1. The number of rotatable bonds is 6. The van der Waals surface area contributed by atoms with E-state index in [0.717, 1.165) is 12.2 Å². The van der Waals surface area contributed by atoms with Gasteiger partial charge in [0.1, 0.15) is 4.75 Å². The van der Waals surface area contributed by atoms with Gasteiger partial charge >= 0.3 is 5.97 Å². The van der Waals surface area contributed by atoms with Crippen molar-refractivity contribution >= 4 is 17.7 Å². The number of carboxylic acid groups (broad SMARTS) is 1. The van der Waals surface area contributed by atoms with E-state index in [1.165, 1.54) is 18.9 Å². The summed E-state index contributed by atoms with van der Waals surface area (Å²) in [7, 11) is 1.52. The molecule has 4 heteroatoms. The van der Waals surface area contributed by atoms with Crippen molar-refractivity contribution in [3.8, 4) is 0 Å². The van der Waals surface area contributed by atoms with Gasteiger partial charge < -0.3 is 9.84 Å². The van der Waals surface area contributed by atoms with Gasteiger partial charge in [0.05, 0.1) is 6.61 Å². The molecule has 1 N–H and O–H groups in total. The Bertz CT molecular complexity index is 149. The summed E-state index contributed by atoms with van der Waals surface area (Å²) in [6.45, 7) is 3.98. The van der Waals surface area contributed by atoms with Gasteiger partial charge in [-0.05, 0) is 19.1 Å². The summed E-state index contributed by atoms with van der Waals surface area (Å²) in [6, 6.07) is 0. The predicted molar refractivity (Wildman–Crippen MR) is 50.7 cm³/mol. The van der Waals surface area contributed by atoms with Gasteiger partial charge in [0.2, 0.25) is 0 Å². The minimum atomic E-state index is -0.803. The summed E-state index contributed by atoms with van der Waals surface area (Å²) in [5, 5.41) is 8.89. The van der Waals surface area contributed by atoms with E-state index >= 15 is 0 Å². The van der Waals surface area contributed by atoms with Gasteiger partial charge in [-0.3, -0.25) is 4.79 Å². The molecule has 12 heavy (non-hydrogen) atoms. The molecule has 0 saturated heterocycles. The average Bonchev–Trinajstić information content (AvgIpc) is 2.01. The van der Waals surface area contributed by atoms with Gasteiger partial charge in [0.25, 0.3) is 0 Å². The van der Waals surface area contributed by atoms with Crippen molar-refractivity contribution in [1.29, 1.82) is 0 Å². The van der Waals surface area contributed by atoms with Gasteiger partial charge in [-0.1, -0.05) is 6.92 Å². The molecule has 72 valence electrons. The van der Waals surface area contributed by atoms with Crippen LogP contribution in [0.4, 0.5) is 0 Å². The highest BCUT2D eigenvalue weighted by atomic mass is 32.2. The highest BCUT2D eigenvalue weighted by molar-refractivity contribution is 8.01. The summed E-state index contributed by atoms with van der Waals surface area (Å²) in [5.74, 6) is 0.0504. The predicted octanol–water partition coefficient (Wildman–Crippen LogP) is 1.62. The lowest BCUT2D eigenvalue weighted by Gasteiger charge is -2.22. The molecule has 1 unspecified atom stereocenters. The Morgan fingerprint density at radius 2 is 2.25 bits per heavy atom. The van der Waals surface area contributed by atoms with Crippen LogP contribution in [0.5, 0.6) is 0 Å². The van der Waals surface area contributed by atoms with E-state index in [4.69, 9.17) is 9.84 Å². The fourth-order valence-electron chi connectivity index (χ4n) is 0.768. The van der Waals surface area contributed by atoms with E-state index in [2.05, 4.69) is 0 Å². The highest BCUT2D eigenvalue weighted by Gasteiger charge is 2.33.